The zero-order valence-electron chi connectivity index (χ0n) is 14.3. The highest BCUT2D eigenvalue weighted by atomic mass is 16.5. The van der Waals surface area contributed by atoms with Crippen LogP contribution in [0.5, 0.6) is 11.5 Å². The minimum absolute atomic E-state index is 0.0613. The molecule has 128 valence electrons. The van der Waals surface area contributed by atoms with Gasteiger partial charge in [0.15, 0.2) is 17.3 Å². The number of ketones is 1. The van der Waals surface area contributed by atoms with Gasteiger partial charge in [-0.2, -0.15) is 0 Å². The summed E-state index contributed by atoms with van der Waals surface area (Å²) in [4.78, 5) is 24.9. The van der Waals surface area contributed by atoms with Gasteiger partial charge in [0, 0.05) is 30.0 Å². The van der Waals surface area contributed by atoms with Gasteiger partial charge in [-0.1, -0.05) is 19.9 Å². The molecule has 3 rings (SSSR count). The van der Waals surface area contributed by atoms with Crippen LogP contribution < -0.4 is 10.1 Å². The summed E-state index contributed by atoms with van der Waals surface area (Å²) in [5.74, 6) is 0.183. The molecule has 1 aromatic rings. The number of rotatable bonds is 3. The second-order valence-corrected chi connectivity index (χ2v) is 7.30. The summed E-state index contributed by atoms with van der Waals surface area (Å²) in [6, 6.07) is 5.06. The first-order valence-corrected chi connectivity index (χ1v) is 8.32. The molecule has 1 amide bonds. The highest BCUT2D eigenvalue weighted by molar-refractivity contribution is 6.02. The average Bonchev–Trinajstić information content (AvgIpc) is 2.47. The van der Waals surface area contributed by atoms with Crippen LogP contribution in [0.3, 0.4) is 0 Å². The Balaban J connectivity index is 2.05. The van der Waals surface area contributed by atoms with Crippen molar-refractivity contribution in [3.05, 3.63) is 35.0 Å². The molecule has 2 N–H and O–H groups in total. The maximum atomic E-state index is 12.7. The fourth-order valence-corrected chi connectivity index (χ4v) is 3.66. The van der Waals surface area contributed by atoms with E-state index in [2.05, 4.69) is 5.32 Å². The van der Waals surface area contributed by atoms with E-state index in [1.807, 2.05) is 20.8 Å². The van der Waals surface area contributed by atoms with Crippen molar-refractivity contribution in [1.82, 2.24) is 5.32 Å². The Morgan fingerprint density at radius 2 is 2.04 bits per heavy atom. The minimum Gasteiger partial charge on any atom is -0.504 e. The SMILES string of the molecule is CCOc1cc([C@H]2CC(=O)NC3=C2C(=O)CC(C)(C)C3)ccc1O. The molecule has 0 unspecified atom stereocenters. The fraction of sp³-hybridized carbons (Fsp3) is 0.474. The number of phenols is 1. The summed E-state index contributed by atoms with van der Waals surface area (Å²) < 4.78 is 5.44. The number of amides is 1. The fourth-order valence-electron chi connectivity index (χ4n) is 3.66. The number of carbonyl (C=O) groups excluding carboxylic acids is 2. The van der Waals surface area contributed by atoms with Gasteiger partial charge < -0.3 is 15.2 Å². The first-order chi connectivity index (χ1) is 11.3. The zero-order chi connectivity index (χ0) is 17.5. The summed E-state index contributed by atoms with van der Waals surface area (Å²) in [6.45, 7) is 6.35. The van der Waals surface area contributed by atoms with Crippen molar-refractivity contribution < 1.29 is 19.4 Å². The lowest BCUT2D eigenvalue weighted by molar-refractivity contribution is -0.122. The number of aromatic hydroxyl groups is 1. The molecule has 0 saturated heterocycles. The number of Topliss-reactive ketones (excluding diaryl/α,β-unsaturated/α-hetero) is 1. The van der Waals surface area contributed by atoms with E-state index < -0.39 is 0 Å². The van der Waals surface area contributed by atoms with Crippen LogP contribution >= 0.6 is 0 Å². The molecule has 0 aromatic heterocycles. The third-order valence-electron chi connectivity index (χ3n) is 4.63. The Morgan fingerprint density at radius 1 is 1.29 bits per heavy atom. The van der Waals surface area contributed by atoms with Gasteiger partial charge in [-0.15, -0.1) is 0 Å². The molecule has 24 heavy (non-hydrogen) atoms. The van der Waals surface area contributed by atoms with Crippen LogP contribution in [0.2, 0.25) is 0 Å². The molecule has 2 aliphatic rings. The topological polar surface area (TPSA) is 75.6 Å². The standard InChI is InChI=1S/C19H23NO4/c1-4-24-16-7-11(5-6-14(16)21)12-8-17(23)20-13-9-19(2,3)10-15(22)18(12)13/h5-7,12,21H,4,8-10H2,1-3H3,(H,20,23)/t12-/m1/s1. The van der Waals surface area contributed by atoms with Crippen LogP contribution in [-0.2, 0) is 9.59 Å². The van der Waals surface area contributed by atoms with Crippen molar-refractivity contribution in [2.24, 2.45) is 5.41 Å². The van der Waals surface area contributed by atoms with Gasteiger partial charge in [0.2, 0.25) is 5.91 Å². The summed E-state index contributed by atoms with van der Waals surface area (Å²) in [7, 11) is 0. The first-order valence-electron chi connectivity index (χ1n) is 8.32. The molecule has 0 bridgehead atoms. The normalized spacial score (nSPS) is 22.9. The molecule has 0 saturated carbocycles. The van der Waals surface area contributed by atoms with Crippen molar-refractivity contribution in [3.63, 3.8) is 0 Å². The number of hydrogen-bond donors (Lipinski definition) is 2. The summed E-state index contributed by atoms with van der Waals surface area (Å²) >= 11 is 0. The van der Waals surface area contributed by atoms with Gasteiger partial charge in [-0.3, -0.25) is 9.59 Å². The molecule has 5 nitrogen and oxygen atoms in total. The Morgan fingerprint density at radius 3 is 2.75 bits per heavy atom. The van der Waals surface area contributed by atoms with Crippen LogP contribution in [0.4, 0.5) is 0 Å². The Bertz CT molecular complexity index is 733. The monoisotopic (exact) mass is 329 g/mol. The largest absolute Gasteiger partial charge is 0.504 e. The average molecular weight is 329 g/mol. The van der Waals surface area contributed by atoms with Crippen LogP contribution in [0, 0.1) is 5.41 Å². The molecule has 1 aromatic carbocycles. The molecule has 1 aliphatic heterocycles. The smallest absolute Gasteiger partial charge is 0.225 e. The predicted molar refractivity (Wildman–Crippen MR) is 89.8 cm³/mol. The molecule has 1 aliphatic carbocycles. The van der Waals surface area contributed by atoms with Crippen molar-refractivity contribution in [2.75, 3.05) is 6.61 Å². The second kappa shape index (κ2) is 5.96. The van der Waals surface area contributed by atoms with Gasteiger partial charge in [-0.25, -0.2) is 0 Å². The van der Waals surface area contributed by atoms with Gasteiger partial charge >= 0.3 is 0 Å². The first kappa shape index (κ1) is 16.6. The van der Waals surface area contributed by atoms with E-state index in [1.54, 1.807) is 18.2 Å². The maximum Gasteiger partial charge on any atom is 0.225 e. The third-order valence-corrected chi connectivity index (χ3v) is 4.63. The number of benzene rings is 1. The number of phenolic OH excluding ortho intramolecular Hbond substituents is 1. The zero-order valence-corrected chi connectivity index (χ0v) is 14.3. The van der Waals surface area contributed by atoms with E-state index in [-0.39, 0.29) is 35.2 Å². The number of ether oxygens (including phenoxy) is 1. The molecule has 5 heteroatoms. The van der Waals surface area contributed by atoms with Crippen molar-refractivity contribution >= 4 is 11.7 Å². The molecular weight excluding hydrogens is 306 g/mol. The molecule has 0 spiro atoms. The summed E-state index contributed by atoms with van der Waals surface area (Å²) in [5.41, 5.74) is 2.15. The van der Waals surface area contributed by atoms with Crippen LogP contribution in [-0.4, -0.2) is 23.4 Å². The summed E-state index contributed by atoms with van der Waals surface area (Å²) in [5, 5.41) is 12.8. The molecule has 1 atom stereocenters. The molecule has 1 heterocycles. The van der Waals surface area contributed by atoms with E-state index in [1.165, 1.54) is 0 Å². The highest BCUT2D eigenvalue weighted by Gasteiger charge is 2.40. The Kier molecular flexibility index (Phi) is 4.11. The Hall–Kier alpha value is -2.30. The maximum absolute atomic E-state index is 12.7. The lowest BCUT2D eigenvalue weighted by Crippen LogP contribution is -2.40. The lowest BCUT2D eigenvalue weighted by Gasteiger charge is -2.37. The van der Waals surface area contributed by atoms with Crippen molar-refractivity contribution in [1.29, 1.82) is 0 Å². The third kappa shape index (κ3) is 3.03. The minimum atomic E-state index is -0.280. The van der Waals surface area contributed by atoms with Gasteiger partial charge in [0.25, 0.3) is 0 Å². The highest BCUT2D eigenvalue weighted by Crippen LogP contribution is 2.44. The van der Waals surface area contributed by atoms with Crippen LogP contribution in [0.15, 0.2) is 29.5 Å². The van der Waals surface area contributed by atoms with Crippen molar-refractivity contribution in [3.8, 4) is 11.5 Å². The lowest BCUT2D eigenvalue weighted by atomic mass is 9.70. The van der Waals surface area contributed by atoms with E-state index in [4.69, 9.17) is 4.74 Å². The number of nitrogens with one attached hydrogen (secondary N) is 1. The van der Waals surface area contributed by atoms with Gasteiger partial charge in [0.05, 0.1) is 6.61 Å². The number of carbonyl (C=O) groups is 2. The summed E-state index contributed by atoms with van der Waals surface area (Å²) in [6.07, 6.45) is 1.41. The number of allylic oxidation sites excluding steroid dienone is 2. The molecular formula is C19H23NO4. The predicted octanol–water partition coefficient (Wildman–Crippen LogP) is 3.04. The van der Waals surface area contributed by atoms with Gasteiger partial charge in [-0.05, 0) is 36.5 Å². The van der Waals surface area contributed by atoms with E-state index in [9.17, 15) is 14.7 Å². The quantitative estimate of drug-likeness (QED) is 0.894. The van der Waals surface area contributed by atoms with Gasteiger partial charge in [0.1, 0.15) is 0 Å². The van der Waals surface area contributed by atoms with Crippen LogP contribution in [0.25, 0.3) is 0 Å². The molecule has 0 radical (unpaired) electrons. The Labute approximate surface area is 141 Å². The van der Waals surface area contributed by atoms with E-state index in [0.29, 0.717) is 30.8 Å². The van der Waals surface area contributed by atoms with E-state index in [0.717, 1.165) is 11.3 Å². The second-order valence-electron chi connectivity index (χ2n) is 7.30. The molecule has 0 fully saturated rings. The van der Waals surface area contributed by atoms with Crippen LogP contribution in [0.1, 0.15) is 51.5 Å². The van der Waals surface area contributed by atoms with Crippen molar-refractivity contribution in [2.45, 2.75) is 46.0 Å². The van der Waals surface area contributed by atoms with E-state index >= 15 is 0 Å². The number of hydrogen-bond acceptors (Lipinski definition) is 4.